The van der Waals surface area contributed by atoms with Crippen molar-refractivity contribution < 1.29 is 9.53 Å². The molecule has 92 valence electrons. The van der Waals surface area contributed by atoms with Gasteiger partial charge in [0.1, 0.15) is 11.9 Å². The largest absolute Gasteiger partial charge is 0.370 e. The first-order valence-corrected chi connectivity index (χ1v) is 6.03. The smallest absolute Gasteiger partial charge is 0.197 e. The fourth-order valence-corrected chi connectivity index (χ4v) is 2.67. The van der Waals surface area contributed by atoms with Crippen molar-refractivity contribution in [3.05, 3.63) is 24.3 Å². The van der Waals surface area contributed by atoms with Gasteiger partial charge in [0.25, 0.3) is 0 Å². The molecule has 0 bridgehead atoms. The molecule has 17 heavy (non-hydrogen) atoms. The van der Waals surface area contributed by atoms with Gasteiger partial charge in [-0.05, 0) is 25.2 Å². The van der Waals surface area contributed by atoms with Crippen molar-refractivity contribution >= 4 is 5.78 Å². The predicted octanol–water partition coefficient (Wildman–Crippen LogP) is 2.25. The van der Waals surface area contributed by atoms with Crippen LogP contribution in [-0.4, -0.2) is 28.5 Å². The lowest BCUT2D eigenvalue weighted by atomic mass is 9.75. The Hall–Kier alpha value is -1.29. The van der Waals surface area contributed by atoms with Gasteiger partial charge in [-0.25, -0.2) is 9.97 Å². The fraction of sp³-hybridized carbons (Fsp3) is 0.615. The van der Waals surface area contributed by atoms with Crippen LogP contribution in [0.15, 0.2) is 18.7 Å². The highest BCUT2D eigenvalue weighted by Crippen LogP contribution is 2.36. The van der Waals surface area contributed by atoms with Gasteiger partial charge in [0, 0.05) is 19.5 Å². The molecule has 1 heterocycles. The van der Waals surface area contributed by atoms with Gasteiger partial charge in [0.05, 0.1) is 5.56 Å². The van der Waals surface area contributed by atoms with E-state index in [4.69, 9.17) is 4.74 Å². The average Bonchev–Trinajstić information content (AvgIpc) is 2.38. The Kier molecular flexibility index (Phi) is 3.52. The molecule has 1 saturated carbocycles. The van der Waals surface area contributed by atoms with Crippen molar-refractivity contribution in [2.45, 2.75) is 38.2 Å². The first kappa shape index (κ1) is 12.2. The maximum atomic E-state index is 12.5. The van der Waals surface area contributed by atoms with Gasteiger partial charge in [-0.15, -0.1) is 0 Å². The Bertz CT molecular complexity index is 394. The van der Waals surface area contributed by atoms with Crippen LogP contribution in [-0.2, 0) is 4.74 Å². The summed E-state index contributed by atoms with van der Waals surface area (Å²) in [6, 6.07) is 0. The lowest BCUT2D eigenvalue weighted by molar-refractivity contribution is -0.0303. The van der Waals surface area contributed by atoms with Crippen molar-refractivity contribution in [2.24, 2.45) is 5.92 Å². The minimum absolute atomic E-state index is 0.0205. The van der Waals surface area contributed by atoms with E-state index < -0.39 is 5.60 Å². The number of ether oxygens (including phenoxy) is 1. The molecule has 0 spiro atoms. The minimum Gasteiger partial charge on any atom is -0.370 e. The zero-order chi connectivity index (χ0) is 12.3. The van der Waals surface area contributed by atoms with Gasteiger partial charge >= 0.3 is 0 Å². The Balaban J connectivity index is 2.26. The zero-order valence-corrected chi connectivity index (χ0v) is 10.3. The molecule has 1 aromatic rings. The summed E-state index contributed by atoms with van der Waals surface area (Å²) >= 11 is 0. The first-order valence-electron chi connectivity index (χ1n) is 6.03. The van der Waals surface area contributed by atoms with Gasteiger partial charge in [-0.2, -0.15) is 0 Å². The maximum Gasteiger partial charge on any atom is 0.197 e. The molecule has 1 aliphatic carbocycles. The van der Waals surface area contributed by atoms with E-state index in [1.54, 1.807) is 19.5 Å². The van der Waals surface area contributed by atoms with Crippen LogP contribution in [0.4, 0.5) is 0 Å². The number of carbonyl (C=O) groups excluding carboxylic acids is 1. The summed E-state index contributed by atoms with van der Waals surface area (Å²) in [5, 5.41) is 0. The molecule has 4 heteroatoms. The second kappa shape index (κ2) is 4.92. The van der Waals surface area contributed by atoms with Crippen LogP contribution < -0.4 is 0 Å². The van der Waals surface area contributed by atoms with Gasteiger partial charge in [0.2, 0.25) is 0 Å². The molecule has 0 radical (unpaired) electrons. The first-order chi connectivity index (χ1) is 8.18. The van der Waals surface area contributed by atoms with E-state index in [0.29, 0.717) is 11.5 Å². The normalized spacial score (nSPS) is 28.9. The highest BCUT2D eigenvalue weighted by molar-refractivity contribution is 6.02. The lowest BCUT2D eigenvalue weighted by Gasteiger charge is -2.37. The zero-order valence-electron chi connectivity index (χ0n) is 10.3. The van der Waals surface area contributed by atoms with Crippen LogP contribution >= 0.6 is 0 Å². The summed E-state index contributed by atoms with van der Waals surface area (Å²) in [6.07, 6.45) is 8.35. The molecule has 1 fully saturated rings. The molecule has 2 rings (SSSR count). The Morgan fingerprint density at radius 2 is 2.18 bits per heavy atom. The number of hydrogen-bond acceptors (Lipinski definition) is 4. The maximum absolute atomic E-state index is 12.5. The van der Waals surface area contributed by atoms with E-state index in [1.165, 1.54) is 12.7 Å². The number of hydrogen-bond donors (Lipinski definition) is 0. The molecule has 0 aromatic carbocycles. The summed E-state index contributed by atoms with van der Waals surface area (Å²) in [5.41, 5.74) is -0.119. The third-order valence-corrected chi connectivity index (χ3v) is 3.58. The van der Waals surface area contributed by atoms with Crippen molar-refractivity contribution in [3.8, 4) is 0 Å². The number of Topliss-reactive ketones (excluding diaryl/α,β-unsaturated/α-hetero) is 1. The summed E-state index contributed by atoms with van der Waals surface area (Å²) in [5.74, 6) is 0.546. The molecule has 2 unspecified atom stereocenters. The molecule has 1 aliphatic rings. The van der Waals surface area contributed by atoms with Crippen LogP contribution in [0.5, 0.6) is 0 Å². The van der Waals surface area contributed by atoms with Gasteiger partial charge in [-0.3, -0.25) is 4.79 Å². The number of carbonyl (C=O) groups is 1. The molecule has 0 aliphatic heterocycles. The van der Waals surface area contributed by atoms with Crippen molar-refractivity contribution in [1.29, 1.82) is 0 Å². The summed E-state index contributed by atoms with van der Waals surface area (Å²) in [6.45, 7) is 2.17. The third-order valence-electron chi connectivity index (χ3n) is 3.58. The summed E-state index contributed by atoms with van der Waals surface area (Å²) < 4.78 is 5.56. The third kappa shape index (κ3) is 2.36. The Morgan fingerprint density at radius 1 is 1.47 bits per heavy atom. The summed E-state index contributed by atoms with van der Waals surface area (Å²) in [4.78, 5) is 20.3. The molecule has 2 atom stereocenters. The Morgan fingerprint density at radius 3 is 2.76 bits per heavy atom. The number of nitrogens with zero attached hydrogens (tertiary/aromatic N) is 2. The van der Waals surface area contributed by atoms with Crippen molar-refractivity contribution in [1.82, 2.24) is 9.97 Å². The Labute approximate surface area is 101 Å². The van der Waals surface area contributed by atoms with E-state index in [1.807, 2.05) is 0 Å². The molecular formula is C13H18N2O2. The van der Waals surface area contributed by atoms with Crippen molar-refractivity contribution in [3.63, 3.8) is 0 Å². The lowest BCUT2D eigenvalue weighted by Crippen LogP contribution is -2.44. The van der Waals surface area contributed by atoms with Gasteiger partial charge in [-0.1, -0.05) is 13.3 Å². The van der Waals surface area contributed by atoms with Crippen molar-refractivity contribution in [2.75, 3.05) is 7.11 Å². The standard InChI is InChI=1S/C13H18N2O2/c1-10-4-3-5-13(6-10,17-2)12(16)11-7-14-9-15-8-11/h7-10H,3-6H2,1-2H3. The minimum atomic E-state index is -0.664. The second-order valence-electron chi connectivity index (χ2n) is 4.86. The molecule has 0 amide bonds. The molecular weight excluding hydrogens is 216 g/mol. The topological polar surface area (TPSA) is 52.1 Å². The van der Waals surface area contributed by atoms with E-state index >= 15 is 0 Å². The van der Waals surface area contributed by atoms with E-state index in [-0.39, 0.29) is 5.78 Å². The number of rotatable bonds is 3. The molecule has 0 N–H and O–H groups in total. The van der Waals surface area contributed by atoms with Crippen LogP contribution in [0.3, 0.4) is 0 Å². The number of ketones is 1. The van der Waals surface area contributed by atoms with Gasteiger partial charge < -0.3 is 4.74 Å². The highest BCUT2D eigenvalue weighted by atomic mass is 16.5. The van der Waals surface area contributed by atoms with Crippen LogP contribution in [0.1, 0.15) is 43.0 Å². The number of aromatic nitrogens is 2. The number of methoxy groups -OCH3 is 1. The SMILES string of the molecule is COC1(C(=O)c2cncnc2)CCCC(C)C1. The van der Waals surface area contributed by atoms with Crippen LogP contribution in [0, 0.1) is 5.92 Å². The quantitative estimate of drug-likeness (QED) is 0.753. The van der Waals surface area contributed by atoms with Gasteiger partial charge in [0.15, 0.2) is 5.78 Å². The molecule has 0 saturated heterocycles. The highest BCUT2D eigenvalue weighted by Gasteiger charge is 2.42. The fourth-order valence-electron chi connectivity index (χ4n) is 2.67. The van der Waals surface area contributed by atoms with E-state index in [0.717, 1.165) is 19.3 Å². The van der Waals surface area contributed by atoms with Crippen LogP contribution in [0.2, 0.25) is 0 Å². The monoisotopic (exact) mass is 234 g/mol. The molecule has 1 aromatic heterocycles. The van der Waals surface area contributed by atoms with Crippen LogP contribution in [0.25, 0.3) is 0 Å². The summed E-state index contributed by atoms with van der Waals surface area (Å²) in [7, 11) is 1.62. The second-order valence-corrected chi connectivity index (χ2v) is 4.86. The average molecular weight is 234 g/mol. The van der Waals surface area contributed by atoms with E-state index in [9.17, 15) is 4.79 Å². The molecule has 4 nitrogen and oxygen atoms in total. The van der Waals surface area contributed by atoms with E-state index in [2.05, 4.69) is 16.9 Å². The predicted molar refractivity (Wildman–Crippen MR) is 63.7 cm³/mol.